The van der Waals surface area contributed by atoms with Crippen molar-refractivity contribution in [3.63, 3.8) is 0 Å². The Morgan fingerprint density at radius 3 is 2.96 bits per heavy atom. The van der Waals surface area contributed by atoms with Crippen LogP contribution in [0.1, 0.15) is 18.1 Å². The van der Waals surface area contributed by atoms with E-state index in [0.717, 1.165) is 23.3 Å². The normalized spacial score (nSPS) is 17.9. The molecular formula is C21H20N2O4. The number of methoxy groups -OCH3 is 1. The van der Waals surface area contributed by atoms with Gasteiger partial charge in [0.1, 0.15) is 24.1 Å². The molecule has 6 nitrogen and oxygen atoms in total. The Morgan fingerprint density at radius 2 is 2.15 bits per heavy atom. The fourth-order valence-corrected chi connectivity index (χ4v) is 3.44. The lowest BCUT2D eigenvalue weighted by Crippen LogP contribution is -2.41. The van der Waals surface area contributed by atoms with Crippen LogP contribution in [0.15, 0.2) is 42.5 Å². The number of hydrogen-bond acceptors (Lipinski definition) is 4. The lowest BCUT2D eigenvalue weighted by molar-refractivity contribution is -0.119. The van der Waals surface area contributed by atoms with Gasteiger partial charge in [-0.25, -0.2) is 0 Å². The molecule has 0 fully saturated rings. The SMILES string of the molecule is COc1cc2c(cc1C=CC(=O)N1CC(=O)Nc3ccccc31)OC(C)C2. The number of nitrogens with zero attached hydrogens (tertiary/aromatic N) is 1. The van der Waals surface area contributed by atoms with E-state index in [1.165, 1.54) is 11.0 Å². The Morgan fingerprint density at radius 1 is 1.33 bits per heavy atom. The third-order valence-corrected chi connectivity index (χ3v) is 4.69. The van der Waals surface area contributed by atoms with Crippen molar-refractivity contribution in [3.05, 3.63) is 53.6 Å². The summed E-state index contributed by atoms with van der Waals surface area (Å²) in [6, 6.07) is 11.1. The summed E-state index contributed by atoms with van der Waals surface area (Å²) in [6.07, 6.45) is 4.13. The number of benzene rings is 2. The number of hydrogen-bond donors (Lipinski definition) is 1. The molecule has 2 aliphatic rings. The van der Waals surface area contributed by atoms with Crippen molar-refractivity contribution in [2.24, 2.45) is 0 Å². The highest BCUT2D eigenvalue weighted by Gasteiger charge is 2.25. The van der Waals surface area contributed by atoms with Crippen LogP contribution < -0.4 is 19.7 Å². The van der Waals surface area contributed by atoms with Gasteiger partial charge in [0.15, 0.2) is 0 Å². The molecule has 2 heterocycles. The first-order valence-corrected chi connectivity index (χ1v) is 8.81. The van der Waals surface area contributed by atoms with Crippen LogP contribution in [0.2, 0.25) is 0 Å². The minimum atomic E-state index is -0.269. The molecule has 0 bridgehead atoms. The standard InChI is InChI=1S/C21H20N2O4/c1-13-9-15-11-18(26-2)14(10-19(15)27-13)7-8-21(25)23-12-20(24)22-16-5-3-4-6-17(16)23/h3-8,10-11,13H,9,12H2,1-2H3,(H,22,24). The van der Waals surface area contributed by atoms with E-state index < -0.39 is 0 Å². The van der Waals surface area contributed by atoms with E-state index in [1.54, 1.807) is 19.3 Å². The summed E-state index contributed by atoms with van der Waals surface area (Å²) < 4.78 is 11.3. The number of anilines is 2. The van der Waals surface area contributed by atoms with Gasteiger partial charge in [0.25, 0.3) is 5.91 Å². The van der Waals surface area contributed by atoms with Gasteiger partial charge in [0, 0.05) is 23.6 Å². The maximum absolute atomic E-state index is 12.8. The van der Waals surface area contributed by atoms with Gasteiger partial charge in [-0.15, -0.1) is 0 Å². The lowest BCUT2D eigenvalue weighted by atomic mass is 10.1. The Kier molecular flexibility index (Phi) is 4.32. The Hall–Kier alpha value is -3.28. The number of nitrogens with one attached hydrogen (secondary N) is 1. The van der Waals surface area contributed by atoms with Crippen molar-refractivity contribution in [2.75, 3.05) is 23.9 Å². The second kappa shape index (κ2) is 6.79. The maximum Gasteiger partial charge on any atom is 0.251 e. The lowest BCUT2D eigenvalue weighted by Gasteiger charge is -2.28. The van der Waals surface area contributed by atoms with Gasteiger partial charge in [-0.05, 0) is 37.3 Å². The van der Waals surface area contributed by atoms with Gasteiger partial charge < -0.3 is 14.8 Å². The molecule has 0 aromatic heterocycles. The largest absolute Gasteiger partial charge is 0.496 e. The van der Waals surface area contributed by atoms with Gasteiger partial charge in [0.05, 0.1) is 18.5 Å². The highest BCUT2D eigenvalue weighted by atomic mass is 16.5. The number of para-hydroxylation sites is 2. The first-order chi connectivity index (χ1) is 13.0. The molecule has 1 unspecified atom stereocenters. The van der Waals surface area contributed by atoms with Crippen LogP contribution in [0.25, 0.3) is 6.08 Å². The summed E-state index contributed by atoms with van der Waals surface area (Å²) in [5, 5.41) is 2.78. The van der Waals surface area contributed by atoms with Crippen molar-refractivity contribution >= 4 is 29.3 Å². The number of rotatable bonds is 3. The zero-order chi connectivity index (χ0) is 19.0. The second-order valence-electron chi connectivity index (χ2n) is 6.66. The smallest absolute Gasteiger partial charge is 0.251 e. The number of carbonyl (C=O) groups excluding carboxylic acids is 2. The van der Waals surface area contributed by atoms with E-state index in [0.29, 0.717) is 17.1 Å². The zero-order valence-electron chi connectivity index (χ0n) is 15.2. The second-order valence-corrected chi connectivity index (χ2v) is 6.66. The van der Waals surface area contributed by atoms with Gasteiger partial charge in [-0.1, -0.05) is 12.1 Å². The first-order valence-electron chi connectivity index (χ1n) is 8.81. The van der Waals surface area contributed by atoms with Gasteiger partial charge in [0.2, 0.25) is 5.91 Å². The van der Waals surface area contributed by atoms with Crippen LogP contribution in [-0.2, 0) is 16.0 Å². The number of fused-ring (bicyclic) bond motifs is 2. The van der Waals surface area contributed by atoms with Gasteiger partial charge in [-0.3, -0.25) is 14.5 Å². The fourth-order valence-electron chi connectivity index (χ4n) is 3.44. The van der Waals surface area contributed by atoms with Crippen molar-refractivity contribution in [2.45, 2.75) is 19.4 Å². The highest BCUT2D eigenvalue weighted by Crippen LogP contribution is 2.36. The summed E-state index contributed by atoms with van der Waals surface area (Å²) in [7, 11) is 1.60. The van der Waals surface area contributed by atoms with Crippen LogP contribution in [-0.4, -0.2) is 31.6 Å². The fraction of sp³-hybridized carbons (Fsp3) is 0.238. The molecule has 2 amide bonds. The van der Waals surface area contributed by atoms with Crippen molar-refractivity contribution in [1.29, 1.82) is 0 Å². The Bertz CT molecular complexity index is 951. The molecule has 4 rings (SSSR count). The zero-order valence-corrected chi connectivity index (χ0v) is 15.2. The monoisotopic (exact) mass is 364 g/mol. The molecule has 27 heavy (non-hydrogen) atoms. The van der Waals surface area contributed by atoms with Crippen LogP contribution in [0, 0.1) is 0 Å². The molecule has 0 radical (unpaired) electrons. The predicted octanol–water partition coefficient (Wildman–Crippen LogP) is 3.02. The van der Waals surface area contributed by atoms with E-state index in [4.69, 9.17) is 9.47 Å². The van der Waals surface area contributed by atoms with Gasteiger partial charge in [-0.2, -0.15) is 0 Å². The third kappa shape index (κ3) is 3.26. The molecule has 0 spiro atoms. The summed E-state index contributed by atoms with van der Waals surface area (Å²) in [5.74, 6) is 1.02. The predicted molar refractivity (Wildman–Crippen MR) is 103 cm³/mol. The number of carbonyl (C=O) groups is 2. The molecule has 0 saturated carbocycles. The first kappa shape index (κ1) is 17.1. The van der Waals surface area contributed by atoms with Gasteiger partial charge >= 0.3 is 0 Å². The molecule has 6 heteroatoms. The minimum Gasteiger partial charge on any atom is -0.496 e. The number of ether oxygens (including phenoxy) is 2. The molecule has 0 saturated heterocycles. The maximum atomic E-state index is 12.8. The summed E-state index contributed by atoms with van der Waals surface area (Å²) >= 11 is 0. The van der Waals surface area contributed by atoms with E-state index in [1.807, 2.05) is 37.3 Å². The molecular weight excluding hydrogens is 344 g/mol. The van der Waals surface area contributed by atoms with E-state index in [-0.39, 0.29) is 24.5 Å². The molecule has 2 aromatic rings. The summed E-state index contributed by atoms with van der Waals surface area (Å²) in [6.45, 7) is 2.01. The average molecular weight is 364 g/mol. The molecule has 1 N–H and O–H groups in total. The summed E-state index contributed by atoms with van der Waals surface area (Å²) in [5.41, 5.74) is 3.18. The van der Waals surface area contributed by atoms with Crippen molar-refractivity contribution < 1.29 is 19.1 Å². The molecule has 2 aromatic carbocycles. The molecule has 1 atom stereocenters. The Balaban J connectivity index is 1.61. The van der Waals surface area contributed by atoms with Crippen molar-refractivity contribution in [3.8, 4) is 11.5 Å². The number of amides is 2. The van der Waals surface area contributed by atoms with Crippen LogP contribution in [0.4, 0.5) is 11.4 Å². The van der Waals surface area contributed by atoms with E-state index in [2.05, 4.69) is 5.32 Å². The molecule has 138 valence electrons. The van der Waals surface area contributed by atoms with Crippen LogP contribution >= 0.6 is 0 Å². The summed E-state index contributed by atoms with van der Waals surface area (Å²) in [4.78, 5) is 26.1. The van der Waals surface area contributed by atoms with E-state index >= 15 is 0 Å². The van der Waals surface area contributed by atoms with E-state index in [9.17, 15) is 9.59 Å². The highest BCUT2D eigenvalue weighted by molar-refractivity contribution is 6.13. The average Bonchev–Trinajstić information content (AvgIpc) is 3.03. The third-order valence-electron chi connectivity index (χ3n) is 4.69. The molecule has 2 aliphatic heterocycles. The minimum absolute atomic E-state index is 0.0118. The van der Waals surface area contributed by atoms with Crippen LogP contribution in [0.5, 0.6) is 11.5 Å². The van der Waals surface area contributed by atoms with Crippen LogP contribution in [0.3, 0.4) is 0 Å². The Labute approximate surface area is 157 Å². The topological polar surface area (TPSA) is 67.9 Å². The van der Waals surface area contributed by atoms with Crippen molar-refractivity contribution in [1.82, 2.24) is 0 Å². The molecule has 0 aliphatic carbocycles. The quantitative estimate of drug-likeness (QED) is 0.850.